The molecule has 0 spiro atoms. The molecule has 5 atom stereocenters. The van der Waals surface area contributed by atoms with E-state index in [1.165, 1.54) is 31.2 Å². The van der Waals surface area contributed by atoms with Crippen molar-refractivity contribution in [3.8, 4) is 0 Å². The first-order valence-corrected chi connectivity index (χ1v) is 11.9. The quantitative estimate of drug-likeness (QED) is 0.0934. The van der Waals surface area contributed by atoms with Crippen LogP contribution in [-0.2, 0) is 57.1 Å². The lowest BCUT2D eigenvalue weighted by Crippen LogP contribution is -2.63. The van der Waals surface area contributed by atoms with Crippen molar-refractivity contribution in [3.63, 3.8) is 0 Å². The highest BCUT2D eigenvalue weighted by Crippen LogP contribution is 2.32. The summed E-state index contributed by atoms with van der Waals surface area (Å²) in [7, 11) is 0. The highest BCUT2D eigenvalue weighted by atomic mass is 16.7. The summed E-state index contributed by atoms with van der Waals surface area (Å²) in [6.07, 6.45) is -6.72. The molecular weight excluding hydrogens is 538 g/mol. The zero-order valence-electron chi connectivity index (χ0n) is 22.4. The van der Waals surface area contributed by atoms with Gasteiger partial charge in [0.2, 0.25) is 18.2 Å². The van der Waals surface area contributed by atoms with Gasteiger partial charge >= 0.3 is 29.8 Å². The van der Waals surface area contributed by atoms with E-state index in [2.05, 4.69) is 0 Å². The predicted octanol–water partition coefficient (Wildman–Crippen LogP) is 1.60. The molecule has 0 radical (unpaired) electrons. The molecule has 0 N–H and O–H groups in total. The van der Waals surface area contributed by atoms with Crippen molar-refractivity contribution in [1.29, 1.82) is 0 Å². The molecule has 15 heteroatoms. The number of nitro benzene ring substituents is 1. The molecule has 1 saturated heterocycles. The lowest BCUT2D eigenvalue weighted by atomic mass is 9.98. The fourth-order valence-electron chi connectivity index (χ4n) is 3.67. The van der Waals surface area contributed by atoms with Crippen LogP contribution >= 0.6 is 0 Å². The highest BCUT2D eigenvalue weighted by molar-refractivity contribution is 5.92. The number of para-hydroxylation sites is 1. The normalized spacial score (nSPS) is 22.3. The Hall–Kier alpha value is -4.53. The van der Waals surface area contributed by atoms with Crippen LogP contribution in [0.15, 0.2) is 30.0 Å². The van der Waals surface area contributed by atoms with Gasteiger partial charge in [0.15, 0.2) is 12.2 Å². The van der Waals surface area contributed by atoms with Gasteiger partial charge in [-0.2, -0.15) is 0 Å². The highest BCUT2D eigenvalue weighted by Gasteiger charge is 2.53. The van der Waals surface area contributed by atoms with E-state index in [1.54, 1.807) is 0 Å². The summed E-state index contributed by atoms with van der Waals surface area (Å²) < 4.78 is 37.5. The van der Waals surface area contributed by atoms with E-state index in [0.29, 0.717) is 0 Å². The summed E-state index contributed by atoms with van der Waals surface area (Å²) in [5.74, 6) is -4.97. The van der Waals surface area contributed by atoms with Crippen LogP contribution in [0.5, 0.6) is 0 Å². The molecule has 0 amide bonds. The maximum absolute atomic E-state index is 12.8. The van der Waals surface area contributed by atoms with Crippen molar-refractivity contribution in [2.75, 3.05) is 13.2 Å². The van der Waals surface area contributed by atoms with Gasteiger partial charge in [0.25, 0.3) is 5.69 Å². The van der Waals surface area contributed by atoms with E-state index >= 15 is 0 Å². The lowest BCUT2D eigenvalue weighted by Gasteiger charge is -2.43. The van der Waals surface area contributed by atoms with Crippen LogP contribution in [0.1, 0.15) is 40.2 Å². The first-order valence-electron chi connectivity index (χ1n) is 11.9. The first-order chi connectivity index (χ1) is 18.8. The van der Waals surface area contributed by atoms with Crippen LogP contribution in [0.3, 0.4) is 0 Å². The van der Waals surface area contributed by atoms with Crippen molar-refractivity contribution in [1.82, 2.24) is 0 Å². The molecule has 1 heterocycles. The van der Waals surface area contributed by atoms with Gasteiger partial charge < -0.3 is 33.2 Å². The molecule has 2 rings (SSSR count). The van der Waals surface area contributed by atoms with E-state index in [9.17, 15) is 34.1 Å². The van der Waals surface area contributed by atoms with E-state index in [1.807, 2.05) is 0 Å². The molecule has 1 aromatic rings. The largest absolute Gasteiger partial charge is 0.463 e. The first kappa shape index (κ1) is 31.7. The number of hydrogen-bond donors (Lipinski definition) is 0. The Bertz CT molecular complexity index is 1160. The molecule has 1 fully saturated rings. The van der Waals surface area contributed by atoms with Gasteiger partial charge in [-0.25, -0.2) is 4.79 Å². The molecule has 40 heavy (non-hydrogen) atoms. The summed E-state index contributed by atoms with van der Waals surface area (Å²) in [6.45, 7) is 5.12. The van der Waals surface area contributed by atoms with Crippen molar-refractivity contribution in [3.05, 3.63) is 45.7 Å². The molecule has 1 aromatic carbocycles. The van der Waals surface area contributed by atoms with Crippen LogP contribution in [0.4, 0.5) is 5.69 Å². The number of carbonyl (C=O) groups excluding carboxylic acids is 5. The smallest absolute Gasteiger partial charge is 0.373 e. The van der Waals surface area contributed by atoms with Crippen LogP contribution in [0.25, 0.3) is 6.08 Å². The second-order valence-corrected chi connectivity index (χ2v) is 8.23. The average Bonchev–Trinajstić information content (AvgIpc) is 2.85. The molecule has 0 bridgehead atoms. The minimum atomic E-state index is -1.75. The molecular formula is C25H29NO14. The number of rotatable bonds is 11. The topological polar surface area (TPSA) is 193 Å². The summed E-state index contributed by atoms with van der Waals surface area (Å²) in [4.78, 5) is 71.0. The van der Waals surface area contributed by atoms with E-state index in [4.69, 9.17) is 33.2 Å². The Labute approximate surface area is 228 Å². The van der Waals surface area contributed by atoms with E-state index in [0.717, 1.165) is 33.8 Å². The second kappa shape index (κ2) is 14.6. The zero-order chi connectivity index (χ0) is 30.0. The van der Waals surface area contributed by atoms with E-state index < -0.39 is 77.8 Å². The lowest BCUT2D eigenvalue weighted by molar-refractivity contribution is -0.385. The fraction of sp³-hybridized carbons (Fsp3) is 0.480. The SMILES string of the molecule is CCOC(=O)C(=Cc1ccccc1[N+](=O)[O-])O[C@H]1O[C@@H](COC(C)=O)[C@H](OC(C)=O)[C@@H](OC(C)=O)[C@@H]1OC(C)=O. The molecule has 0 unspecified atom stereocenters. The zero-order valence-corrected chi connectivity index (χ0v) is 22.4. The fourth-order valence-corrected chi connectivity index (χ4v) is 3.67. The summed E-state index contributed by atoms with van der Waals surface area (Å²) in [5, 5.41) is 11.5. The van der Waals surface area contributed by atoms with Crippen molar-refractivity contribution < 1.29 is 62.1 Å². The minimum Gasteiger partial charge on any atom is -0.463 e. The monoisotopic (exact) mass is 567 g/mol. The molecule has 15 nitrogen and oxygen atoms in total. The Kier molecular flexibility index (Phi) is 11.5. The minimum absolute atomic E-state index is 0.0406. The van der Waals surface area contributed by atoms with Crippen molar-refractivity contribution in [2.45, 2.75) is 65.3 Å². The van der Waals surface area contributed by atoms with Gasteiger partial charge in [0.05, 0.1) is 17.1 Å². The third kappa shape index (κ3) is 9.04. The van der Waals surface area contributed by atoms with Crippen LogP contribution in [0.2, 0.25) is 0 Å². The molecule has 0 aromatic heterocycles. The van der Waals surface area contributed by atoms with Crippen LogP contribution in [-0.4, -0.2) is 78.7 Å². The third-order valence-electron chi connectivity index (χ3n) is 5.09. The van der Waals surface area contributed by atoms with Crippen LogP contribution < -0.4 is 0 Å². The Morgan fingerprint density at radius 2 is 1.43 bits per heavy atom. The number of ether oxygens (including phenoxy) is 7. The molecule has 1 aliphatic heterocycles. The number of nitrogens with zero attached hydrogens (tertiary/aromatic N) is 1. The van der Waals surface area contributed by atoms with Gasteiger partial charge in [0.1, 0.15) is 12.7 Å². The standard InChI is InChI=1S/C25H29NO14/c1-6-34-24(31)19(11-17-9-7-8-10-18(17)26(32)33)39-25-23(38-16(5)30)22(37-15(4)29)21(36-14(3)28)20(40-25)12-35-13(2)27/h7-11,20-23,25H,6,12H2,1-5H3/t20-,21-,22+,23-,25-/m0/s1. The number of nitro groups is 1. The predicted molar refractivity (Wildman–Crippen MR) is 131 cm³/mol. The number of hydrogen-bond acceptors (Lipinski definition) is 14. The van der Waals surface area contributed by atoms with Gasteiger partial charge in [0, 0.05) is 39.8 Å². The molecule has 0 saturated carbocycles. The van der Waals surface area contributed by atoms with Gasteiger partial charge in [-0.1, -0.05) is 12.1 Å². The number of carbonyl (C=O) groups is 5. The molecule has 1 aliphatic rings. The van der Waals surface area contributed by atoms with Crippen molar-refractivity contribution >= 4 is 41.6 Å². The van der Waals surface area contributed by atoms with Crippen LogP contribution in [0, 0.1) is 10.1 Å². The Balaban J connectivity index is 2.64. The van der Waals surface area contributed by atoms with Gasteiger partial charge in [-0.3, -0.25) is 29.3 Å². The van der Waals surface area contributed by atoms with Crippen molar-refractivity contribution in [2.24, 2.45) is 0 Å². The third-order valence-corrected chi connectivity index (χ3v) is 5.09. The van der Waals surface area contributed by atoms with Gasteiger partial charge in [-0.15, -0.1) is 0 Å². The average molecular weight is 568 g/mol. The second-order valence-electron chi connectivity index (χ2n) is 8.23. The Morgan fingerprint density at radius 1 is 0.850 bits per heavy atom. The maximum atomic E-state index is 12.8. The van der Waals surface area contributed by atoms with Gasteiger partial charge in [-0.05, 0) is 13.0 Å². The summed E-state index contributed by atoms with van der Waals surface area (Å²) >= 11 is 0. The number of benzene rings is 1. The maximum Gasteiger partial charge on any atom is 0.373 e. The Morgan fingerprint density at radius 3 is 1.98 bits per heavy atom. The molecule has 218 valence electrons. The molecule has 0 aliphatic carbocycles. The summed E-state index contributed by atoms with van der Waals surface area (Å²) in [5.41, 5.74) is -0.407. The van der Waals surface area contributed by atoms with E-state index in [-0.39, 0.29) is 17.9 Å². The number of esters is 5. The summed E-state index contributed by atoms with van der Waals surface area (Å²) in [6, 6.07) is 5.44.